The van der Waals surface area contributed by atoms with E-state index in [1.54, 1.807) is 23.2 Å². The van der Waals surface area contributed by atoms with Gasteiger partial charge in [-0.3, -0.25) is 14.5 Å². The van der Waals surface area contributed by atoms with E-state index >= 15 is 0 Å². The van der Waals surface area contributed by atoms with Gasteiger partial charge in [-0.25, -0.2) is 4.98 Å². The molecule has 0 saturated heterocycles. The van der Waals surface area contributed by atoms with Crippen molar-refractivity contribution < 1.29 is 14.3 Å². The zero-order valence-electron chi connectivity index (χ0n) is 12.8. The highest BCUT2D eigenvalue weighted by Gasteiger charge is 2.29. The van der Waals surface area contributed by atoms with Gasteiger partial charge < -0.3 is 9.64 Å². The van der Waals surface area contributed by atoms with E-state index in [9.17, 15) is 9.59 Å². The molecule has 0 unspecified atom stereocenters. The van der Waals surface area contributed by atoms with Gasteiger partial charge in [0.2, 0.25) is 5.91 Å². The van der Waals surface area contributed by atoms with E-state index in [0.29, 0.717) is 18.1 Å². The first-order chi connectivity index (χ1) is 11.2. The Morgan fingerprint density at radius 2 is 2.04 bits per heavy atom. The Bertz CT molecular complexity index is 718. The van der Waals surface area contributed by atoms with Gasteiger partial charge in [0.15, 0.2) is 18.2 Å². The molecule has 1 aromatic carbocycles. The average Bonchev–Trinajstić information content (AvgIpc) is 2.59. The molecule has 2 aromatic rings. The Balaban J connectivity index is 1.83. The highest BCUT2D eigenvalue weighted by molar-refractivity contribution is 6.05. The molecule has 3 rings (SSSR count). The number of nitrogens with zero attached hydrogens (tertiary/aromatic N) is 3. The van der Waals surface area contributed by atoms with E-state index in [0.717, 1.165) is 5.69 Å². The van der Waals surface area contributed by atoms with E-state index in [-0.39, 0.29) is 25.0 Å². The lowest BCUT2D eigenvalue weighted by Crippen LogP contribution is -2.47. The van der Waals surface area contributed by atoms with Crippen molar-refractivity contribution in [3.8, 4) is 5.75 Å². The van der Waals surface area contributed by atoms with Crippen LogP contribution < -0.4 is 14.5 Å². The molecule has 0 fully saturated rings. The summed E-state index contributed by atoms with van der Waals surface area (Å²) in [6.45, 7) is 2.28. The maximum Gasteiger partial charge on any atom is 0.266 e. The van der Waals surface area contributed by atoms with Gasteiger partial charge >= 0.3 is 0 Å². The molecule has 1 aromatic heterocycles. The number of benzene rings is 1. The number of para-hydroxylation sites is 1. The quantitative estimate of drug-likeness (QED) is 0.864. The van der Waals surface area contributed by atoms with E-state index in [1.807, 2.05) is 37.3 Å². The van der Waals surface area contributed by atoms with Gasteiger partial charge in [-0.1, -0.05) is 18.2 Å². The summed E-state index contributed by atoms with van der Waals surface area (Å²) in [5.41, 5.74) is 0.807. The number of hydrogen-bond donors (Lipinski definition) is 0. The lowest BCUT2D eigenvalue weighted by atomic mass is 10.2. The van der Waals surface area contributed by atoms with Gasteiger partial charge in [0, 0.05) is 18.4 Å². The van der Waals surface area contributed by atoms with Crippen LogP contribution in [0.4, 0.5) is 11.5 Å². The molecule has 0 bridgehead atoms. The summed E-state index contributed by atoms with van der Waals surface area (Å²) in [6.07, 6.45) is 1.58. The lowest BCUT2D eigenvalue weighted by molar-refractivity contribution is -0.124. The third-order valence-electron chi connectivity index (χ3n) is 3.64. The first-order valence-corrected chi connectivity index (χ1v) is 7.44. The van der Waals surface area contributed by atoms with Crippen molar-refractivity contribution >= 4 is 23.3 Å². The molecule has 118 valence electrons. The second-order valence-corrected chi connectivity index (χ2v) is 5.07. The fourth-order valence-electron chi connectivity index (χ4n) is 2.53. The molecular weight excluding hydrogens is 294 g/mol. The average molecular weight is 311 g/mol. The number of hydrogen-bond acceptors (Lipinski definition) is 4. The zero-order chi connectivity index (χ0) is 16.2. The molecule has 2 amide bonds. The number of fused-ring (bicyclic) bond motifs is 1. The number of carbonyl (C=O) groups excluding carboxylic acids is 2. The number of ether oxygens (including phenoxy) is 1. The number of anilines is 2. The van der Waals surface area contributed by atoms with E-state index < -0.39 is 0 Å². The standard InChI is InChI=1S/C17H17N3O3/c1-2-19(13-7-4-3-5-8-13)15(21)11-20-16(22)12-23-14-9-6-10-18-17(14)20/h3-10H,2,11-12H2,1H3. The minimum Gasteiger partial charge on any atom is -0.480 e. The van der Waals surface area contributed by atoms with Gasteiger partial charge in [-0.05, 0) is 31.2 Å². The van der Waals surface area contributed by atoms with Crippen molar-refractivity contribution in [2.45, 2.75) is 6.92 Å². The van der Waals surface area contributed by atoms with Crippen LogP contribution in [-0.2, 0) is 9.59 Å². The predicted molar refractivity (Wildman–Crippen MR) is 86.6 cm³/mol. The lowest BCUT2D eigenvalue weighted by Gasteiger charge is -2.30. The number of likely N-dealkylation sites (N-methyl/N-ethyl adjacent to an activating group) is 1. The van der Waals surface area contributed by atoms with Crippen LogP contribution in [0.5, 0.6) is 5.75 Å². The minimum absolute atomic E-state index is 0.0606. The highest BCUT2D eigenvalue weighted by Crippen LogP contribution is 2.29. The van der Waals surface area contributed by atoms with E-state index in [4.69, 9.17) is 4.74 Å². The smallest absolute Gasteiger partial charge is 0.266 e. The molecule has 1 aliphatic rings. The Morgan fingerprint density at radius 1 is 1.26 bits per heavy atom. The molecular formula is C17H17N3O3. The summed E-state index contributed by atoms with van der Waals surface area (Å²) < 4.78 is 5.34. The van der Waals surface area contributed by atoms with Crippen LogP contribution in [-0.4, -0.2) is 36.5 Å². The number of aromatic nitrogens is 1. The second kappa shape index (κ2) is 6.48. The fourth-order valence-corrected chi connectivity index (χ4v) is 2.53. The van der Waals surface area contributed by atoms with Crippen molar-refractivity contribution in [1.82, 2.24) is 4.98 Å². The summed E-state index contributed by atoms with van der Waals surface area (Å²) in [7, 11) is 0. The molecule has 0 atom stereocenters. The molecule has 0 spiro atoms. The maximum absolute atomic E-state index is 12.7. The number of pyridine rings is 1. The molecule has 2 heterocycles. The van der Waals surface area contributed by atoms with Crippen molar-refractivity contribution in [2.75, 3.05) is 29.5 Å². The van der Waals surface area contributed by atoms with Crippen LogP contribution in [0.3, 0.4) is 0 Å². The van der Waals surface area contributed by atoms with Gasteiger partial charge in [-0.2, -0.15) is 0 Å². The Kier molecular flexibility index (Phi) is 4.23. The topological polar surface area (TPSA) is 62.7 Å². The minimum atomic E-state index is -0.270. The van der Waals surface area contributed by atoms with E-state index in [1.165, 1.54) is 4.90 Å². The van der Waals surface area contributed by atoms with Crippen LogP contribution in [0.1, 0.15) is 6.92 Å². The third-order valence-corrected chi connectivity index (χ3v) is 3.64. The van der Waals surface area contributed by atoms with Crippen molar-refractivity contribution in [2.24, 2.45) is 0 Å². The van der Waals surface area contributed by atoms with Crippen LogP contribution in [0.2, 0.25) is 0 Å². The monoisotopic (exact) mass is 311 g/mol. The zero-order valence-corrected chi connectivity index (χ0v) is 12.8. The van der Waals surface area contributed by atoms with E-state index in [2.05, 4.69) is 4.98 Å². The fraction of sp³-hybridized carbons (Fsp3) is 0.235. The maximum atomic E-state index is 12.7. The molecule has 0 saturated carbocycles. The van der Waals surface area contributed by atoms with Crippen LogP contribution in [0.25, 0.3) is 0 Å². The number of amides is 2. The Labute approximate surface area is 134 Å². The molecule has 0 N–H and O–H groups in total. The third kappa shape index (κ3) is 3.01. The normalized spacial score (nSPS) is 13.3. The van der Waals surface area contributed by atoms with Gasteiger partial charge in [-0.15, -0.1) is 0 Å². The summed E-state index contributed by atoms with van der Waals surface area (Å²) in [5, 5.41) is 0. The SMILES string of the molecule is CCN(C(=O)CN1C(=O)COc2cccnc21)c1ccccc1. The first-order valence-electron chi connectivity index (χ1n) is 7.44. The van der Waals surface area contributed by atoms with Gasteiger partial charge in [0.05, 0.1) is 0 Å². The van der Waals surface area contributed by atoms with Crippen molar-refractivity contribution in [1.29, 1.82) is 0 Å². The first kappa shape index (κ1) is 15.0. The molecule has 0 aliphatic carbocycles. The molecule has 23 heavy (non-hydrogen) atoms. The van der Waals surface area contributed by atoms with Gasteiger partial charge in [0.1, 0.15) is 6.54 Å². The van der Waals surface area contributed by atoms with Crippen molar-refractivity contribution in [3.05, 3.63) is 48.7 Å². The summed E-state index contributed by atoms with van der Waals surface area (Å²) in [4.78, 5) is 32.0. The van der Waals surface area contributed by atoms with Crippen LogP contribution in [0, 0.1) is 0 Å². The van der Waals surface area contributed by atoms with Crippen LogP contribution in [0.15, 0.2) is 48.7 Å². The van der Waals surface area contributed by atoms with Crippen LogP contribution >= 0.6 is 0 Å². The molecule has 6 heteroatoms. The van der Waals surface area contributed by atoms with Gasteiger partial charge in [0.25, 0.3) is 5.91 Å². The largest absolute Gasteiger partial charge is 0.480 e. The summed E-state index contributed by atoms with van der Waals surface area (Å²) in [5.74, 6) is 0.475. The summed E-state index contributed by atoms with van der Waals surface area (Å²) in [6, 6.07) is 12.9. The number of carbonyl (C=O) groups is 2. The number of rotatable bonds is 4. The summed E-state index contributed by atoms with van der Waals surface area (Å²) >= 11 is 0. The second-order valence-electron chi connectivity index (χ2n) is 5.07. The predicted octanol–water partition coefficient (Wildman–Crippen LogP) is 1.86. The Hall–Kier alpha value is -2.89. The molecule has 1 aliphatic heterocycles. The molecule has 0 radical (unpaired) electrons. The Morgan fingerprint density at radius 3 is 2.78 bits per heavy atom. The van der Waals surface area contributed by atoms with Crippen molar-refractivity contribution in [3.63, 3.8) is 0 Å². The highest BCUT2D eigenvalue weighted by atomic mass is 16.5. The molecule has 6 nitrogen and oxygen atoms in total.